The minimum Gasteiger partial charge on any atom is -0.438 e. The van der Waals surface area contributed by atoms with E-state index in [9.17, 15) is 0 Å². The Kier molecular flexibility index (Phi) is 2.96. The third-order valence-electron chi connectivity index (χ3n) is 2.46. The summed E-state index contributed by atoms with van der Waals surface area (Å²) in [7, 11) is 0. The normalized spacial score (nSPS) is 11.4. The first-order valence-corrected chi connectivity index (χ1v) is 7.19. The second-order valence-corrected chi connectivity index (χ2v) is 5.69. The maximum absolute atomic E-state index is 5.71. The van der Waals surface area contributed by atoms with Gasteiger partial charge in [0.2, 0.25) is 5.89 Å². The number of nitrogens with zero attached hydrogens (tertiary/aromatic N) is 1. The molecule has 3 aromatic heterocycles. The molecule has 3 nitrogen and oxygen atoms in total. The zero-order valence-corrected chi connectivity index (χ0v) is 11.0. The van der Waals surface area contributed by atoms with E-state index < -0.39 is 0 Å². The molecule has 0 aliphatic rings. The molecule has 1 N–H and O–H groups in total. The summed E-state index contributed by atoms with van der Waals surface area (Å²) in [5, 5.41) is 5.31. The summed E-state index contributed by atoms with van der Waals surface area (Å²) in [4.78, 5) is 5.42. The van der Waals surface area contributed by atoms with Crippen molar-refractivity contribution in [1.82, 2.24) is 10.3 Å². The minimum atomic E-state index is 0.691. The van der Waals surface area contributed by atoms with Crippen LogP contribution >= 0.6 is 22.7 Å². The molecular weight excluding hydrogens is 252 g/mol. The summed E-state index contributed by atoms with van der Waals surface area (Å²) in [5.41, 5.74) is 0. The lowest BCUT2D eigenvalue weighted by molar-refractivity contribution is 0.483. The Bertz CT molecular complexity index is 595. The summed E-state index contributed by atoms with van der Waals surface area (Å²) in [5.74, 6) is 1.62. The van der Waals surface area contributed by atoms with Crippen LogP contribution in [-0.4, -0.2) is 11.5 Å². The van der Waals surface area contributed by atoms with Crippen LogP contribution in [0.4, 0.5) is 0 Å². The first kappa shape index (κ1) is 11.0. The van der Waals surface area contributed by atoms with Crippen molar-refractivity contribution in [3.8, 4) is 10.6 Å². The number of hydrogen-bond donors (Lipinski definition) is 1. The SMILES string of the molecule is CCNCc1ncc(-c2cc3sccc3s2)o1. The van der Waals surface area contributed by atoms with Gasteiger partial charge in [-0.1, -0.05) is 6.92 Å². The molecule has 3 aromatic rings. The molecule has 5 heteroatoms. The zero-order chi connectivity index (χ0) is 11.7. The number of aromatic nitrogens is 1. The number of oxazole rings is 1. The molecule has 3 rings (SSSR count). The molecule has 0 aliphatic carbocycles. The zero-order valence-electron chi connectivity index (χ0n) is 9.40. The van der Waals surface area contributed by atoms with E-state index in [1.165, 1.54) is 9.40 Å². The lowest BCUT2D eigenvalue weighted by Gasteiger charge is -1.94. The average Bonchev–Trinajstić information content (AvgIpc) is 3.00. The third-order valence-corrected chi connectivity index (χ3v) is 4.57. The van der Waals surface area contributed by atoms with Gasteiger partial charge >= 0.3 is 0 Å². The Labute approximate surface area is 107 Å². The number of hydrogen-bond acceptors (Lipinski definition) is 5. The molecule has 3 heterocycles. The van der Waals surface area contributed by atoms with E-state index in [2.05, 4.69) is 34.7 Å². The number of nitrogens with one attached hydrogen (secondary N) is 1. The van der Waals surface area contributed by atoms with Crippen molar-refractivity contribution in [2.24, 2.45) is 0 Å². The summed E-state index contributed by atoms with van der Waals surface area (Å²) >= 11 is 3.51. The van der Waals surface area contributed by atoms with Gasteiger partial charge in [0.05, 0.1) is 17.6 Å². The Morgan fingerprint density at radius 1 is 1.41 bits per heavy atom. The Morgan fingerprint density at radius 3 is 3.18 bits per heavy atom. The standard InChI is InChI=1S/C12H12N2OS2/c1-2-13-7-12-14-6-8(15-12)10-5-11-9(17-10)3-4-16-11/h3-6,13H,2,7H2,1H3. The van der Waals surface area contributed by atoms with Gasteiger partial charge in [-0.2, -0.15) is 0 Å². The lowest BCUT2D eigenvalue weighted by atomic mass is 10.4. The van der Waals surface area contributed by atoms with Crippen LogP contribution in [-0.2, 0) is 6.54 Å². The summed E-state index contributed by atoms with van der Waals surface area (Å²) in [6, 6.07) is 4.31. The van der Waals surface area contributed by atoms with E-state index in [0.29, 0.717) is 6.54 Å². The van der Waals surface area contributed by atoms with E-state index in [0.717, 1.165) is 23.1 Å². The van der Waals surface area contributed by atoms with Crippen molar-refractivity contribution < 1.29 is 4.42 Å². The molecule has 0 spiro atoms. The molecule has 17 heavy (non-hydrogen) atoms. The summed E-state index contributed by atoms with van der Waals surface area (Å²) < 4.78 is 8.34. The molecule has 0 saturated carbocycles. The van der Waals surface area contributed by atoms with Crippen LogP contribution in [0.5, 0.6) is 0 Å². The second kappa shape index (κ2) is 4.60. The van der Waals surface area contributed by atoms with Crippen molar-refractivity contribution in [3.63, 3.8) is 0 Å². The second-order valence-electron chi connectivity index (χ2n) is 3.66. The topological polar surface area (TPSA) is 38.1 Å². The van der Waals surface area contributed by atoms with Gasteiger partial charge in [-0.3, -0.25) is 0 Å². The van der Waals surface area contributed by atoms with E-state index in [4.69, 9.17) is 4.42 Å². The molecule has 0 fully saturated rings. The van der Waals surface area contributed by atoms with E-state index in [1.54, 1.807) is 22.7 Å². The van der Waals surface area contributed by atoms with Gasteiger partial charge in [0.25, 0.3) is 0 Å². The largest absolute Gasteiger partial charge is 0.438 e. The van der Waals surface area contributed by atoms with E-state index >= 15 is 0 Å². The van der Waals surface area contributed by atoms with Crippen LogP contribution in [0, 0.1) is 0 Å². The van der Waals surface area contributed by atoms with Gasteiger partial charge in [0, 0.05) is 9.40 Å². The fraction of sp³-hybridized carbons (Fsp3) is 0.250. The fourth-order valence-electron chi connectivity index (χ4n) is 1.63. The van der Waals surface area contributed by atoms with Crippen molar-refractivity contribution in [2.75, 3.05) is 6.54 Å². The molecule has 88 valence electrons. The molecule has 0 atom stereocenters. The highest BCUT2D eigenvalue weighted by Gasteiger charge is 2.10. The average molecular weight is 264 g/mol. The van der Waals surface area contributed by atoms with Crippen molar-refractivity contribution in [2.45, 2.75) is 13.5 Å². The van der Waals surface area contributed by atoms with Crippen molar-refractivity contribution in [3.05, 3.63) is 29.6 Å². The van der Waals surface area contributed by atoms with Crippen LogP contribution in [0.15, 0.2) is 28.1 Å². The van der Waals surface area contributed by atoms with Crippen LogP contribution in [0.2, 0.25) is 0 Å². The Morgan fingerprint density at radius 2 is 2.35 bits per heavy atom. The number of fused-ring (bicyclic) bond motifs is 1. The molecule has 0 aromatic carbocycles. The molecule has 0 aliphatic heterocycles. The highest BCUT2D eigenvalue weighted by atomic mass is 32.1. The third kappa shape index (κ3) is 2.13. The monoisotopic (exact) mass is 264 g/mol. The first-order chi connectivity index (χ1) is 8.36. The highest BCUT2D eigenvalue weighted by molar-refractivity contribution is 7.28. The lowest BCUT2D eigenvalue weighted by Crippen LogP contribution is -2.11. The van der Waals surface area contributed by atoms with Gasteiger partial charge in [-0.25, -0.2) is 4.98 Å². The predicted octanol–water partition coefficient (Wildman–Crippen LogP) is 3.73. The van der Waals surface area contributed by atoms with Gasteiger partial charge in [0.15, 0.2) is 5.76 Å². The molecular formula is C12H12N2OS2. The fourth-order valence-corrected chi connectivity index (χ4v) is 3.68. The summed E-state index contributed by atoms with van der Waals surface area (Å²) in [6.07, 6.45) is 1.81. The maximum Gasteiger partial charge on any atom is 0.208 e. The van der Waals surface area contributed by atoms with E-state index in [1.807, 2.05) is 6.20 Å². The van der Waals surface area contributed by atoms with E-state index in [-0.39, 0.29) is 0 Å². The first-order valence-electron chi connectivity index (χ1n) is 5.49. The predicted molar refractivity (Wildman–Crippen MR) is 72.6 cm³/mol. The summed E-state index contributed by atoms with van der Waals surface area (Å²) in [6.45, 7) is 3.68. The Balaban J connectivity index is 1.88. The van der Waals surface area contributed by atoms with Gasteiger partial charge < -0.3 is 9.73 Å². The molecule has 0 unspecified atom stereocenters. The number of thiophene rings is 2. The van der Waals surface area contributed by atoms with Gasteiger partial charge in [-0.15, -0.1) is 22.7 Å². The van der Waals surface area contributed by atoms with Crippen LogP contribution in [0.25, 0.3) is 20.0 Å². The maximum atomic E-state index is 5.71. The molecule has 0 radical (unpaired) electrons. The van der Waals surface area contributed by atoms with Gasteiger partial charge in [-0.05, 0) is 24.1 Å². The highest BCUT2D eigenvalue weighted by Crippen LogP contribution is 2.36. The van der Waals surface area contributed by atoms with Crippen LogP contribution < -0.4 is 5.32 Å². The van der Waals surface area contributed by atoms with Gasteiger partial charge in [0.1, 0.15) is 0 Å². The smallest absolute Gasteiger partial charge is 0.208 e. The van der Waals surface area contributed by atoms with Crippen LogP contribution in [0.1, 0.15) is 12.8 Å². The molecule has 0 saturated heterocycles. The molecule has 0 amide bonds. The minimum absolute atomic E-state index is 0.691. The molecule has 0 bridgehead atoms. The number of rotatable bonds is 4. The van der Waals surface area contributed by atoms with Crippen molar-refractivity contribution in [1.29, 1.82) is 0 Å². The quantitative estimate of drug-likeness (QED) is 0.780. The van der Waals surface area contributed by atoms with Crippen LogP contribution in [0.3, 0.4) is 0 Å². The Hall–Kier alpha value is -1.17. The van der Waals surface area contributed by atoms with Crippen molar-refractivity contribution >= 4 is 32.1 Å².